The number of nitrogens with one attached hydrogen (secondary N) is 1. The minimum Gasteiger partial charge on any atom is -0.377 e. The van der Waals surface area contributed by atoms with Crippen molar-refractivity contribution in [3.8, 4) is 0 Å². The second-order valence-corrected chi connectivity index (χ2v) is 5.17. The number of anilines is 3. The Hall–Kier alpha value is -2.34. The number of aryl methyl sites for hydroxylation is 1. The quantitative estimate of drug-likeness (QED) is 0.529. The number of hydrogen-bond acceptors (Lipinski definition) is 5. The molecule has 0 bridgehead atoms. The fraction of sp³-hybridized carbons (Fsp3) is 0.214. The van der Waals surface area contributed by atoms with Crippen molar-refractivity contribution >= 4 is 34.5 Å². The second kappa shape index (κ2) is 5.97. The number of benzene rings is 1. The summed E-state index contributed by atoms with van der Waals surface area (Å²) >= 11 is 5.81. The van der Waals surface area contributed by atoms with Gasteiger partial charge in [-0.3, -0.25) is 10.1 Å². The Balaban J connectivity index is 2.40. The molecule has 1 aromatic carbocycles. The van der Waals surface area contributed by atoms with Crippen LogP contribution in [0.3, 0.4) is 0 Å². The molecule has 7 heteroatoms. The van der Waals surface area contributed by atoms with Gasteiger partial charge in [0.05, 0.1) is 4.92 Å². The van der Waals surface area contributed by atoms with Gasteiger partial charge in [-0.05, 0) is 30.7 Å². The van der Waals surface area contributed by atoms with Gasteiger partial charge in [-0.15, -0.1) is 0 Å². The fourth-order valence-corrected chi connectivity index (χ4v) is 2.12. The Morgan fingerprint density at radius 1 is 1.29 bits per heavy atom. The maximum absolute atomic E-state index is 11.0. The first-order valence-electron chi connectivity index (χ1n) is 6.24. The predicted molar refractivity (Wildman–Crippen MR) is 84.7 cm³/mol. The van der Waals surface area contributed by atoms with Crippen molar-refractivity contribution in [3.63, 3.8) is 0 Å². The van der Waals surface area contributed by atoms with Crippen LogP contribution in [-0.4, -0.2) is 24.0 Å². The van der Waals surface area contributed by atoms with Crippen LogP contribution in [0.5, 0.6) is 0 Å². The van der Waals surface area contributed by atoms with Gasteiger partial charge in [0.15, 0.2) is 0 Å². The molecule has 21 heavy (non-hydrogen) atoms. The van der Waals surface area contributed by atoms with E-state index in [2.05, 4.69) is 10.3 Å². The molecule has 0 atom stereocenters. The molecule has 1 N–H and O–H groups in total. The van der Waals surface area contributed by atoms with Crippen molar-refractivity contribution in [2.45, 2.75) is 6.92 Å². The van der Waals surface area contributed by atoms with Crippen LogP contribution in [0.1, 0.15) is 5.56 Å². The van der Waals surface area contributed by atoms with E-state index in [0.29, 0.717) is 5.69 Å². The van der Waals surface area contributed by atoms with Gasteiger partial charge in [0.1, 0.15) is 5.15 Å². The molecule has 0 fully saturated rings. The topological polar surface area (TPSA) is 71.3 Å². The molecule has 0 aliphatic carbocycles. The average molecular weight is 307 g/mol. The second-order valence-electron chi connectivity index (χ2n) is 4.78. The van der Waals surface area contributed by atoms with E-state index < -0.39 is 4.92 Å². The molecule has 1 aromatic heterocycles. The van der Waals surface area contributed by atoms with Crippen LogP contribution in [0.15, 0.2) is 30.3 Å². The van der Waals surface area contributed by atoms with Gasteiger partial charge in [-0.1, -0.05) is 17.7 Å². The Bertz CT molecular complexity index is 689. The third kappa shape index (κ3) is 3.41. The number of halogens is 1. The lowest BCUT2D eigenvalue weighted by Crippen LogP contribution is -2.10. The third-order valence-electron chi connectivity index (χ3n) is 2.99. The number of rotatable bonds is 4. The number of hydrogen-bond donors (Lipinski definition) is 1. The molecule has 2 aromatic rings. The first-order valence-corrected chi connectivity index (χ1v) is 6.62. The Morgan fingerprint density at radius 2 is 2.00 bits per heavy atom. The first-order chi connectivity index (χ1) is 9.88. The van der Waals surface area contributed by atoms with Crippen LogP contribution in [0, 0.1) is 17.0 Å². The normalized spacial score (nSPS) is 10.3. The van der Waals surface area contributed by atoms with Gasteiger partial charge >= 0.3 is 5.69 Å². The molecule has 110 valence electrons. The van der Waals surface area contributed by atoms with Crippen LogP contribution in [0.4, 0.5) is 22.9 Å². The Labute approximate surface area is 127 Å². The summed E-state index contributed by atoms with van der Waals surface area (Å²) in [5, 5.41) is 14.2. The van der Waals surface area contributed by atoms with E-state index in [1.165, 1.54) is 12.1 Å². The average Bonchev–Trinajstić information content (AvgIpc) is 2.40. The van der Waals surface area contributed by atoms with E-state index in [0.717, 1.165) is 11.3 Å². The van der Waals surface area contributed by atoms with Gasteiger partial charge in [0.25, 0.3) is 0 Å². The smallest absolute Gasteiger partial charge is 0.311 e. The predicted octanol–water partition coefficient (Wildman–Crippen LogP) is 3.76. The van der Waals surface area contributed by atoms with Crippen LogP contribution in [0.25, 0.3) is 0 Å². The maximum Gasteiger partial charge on any atom is 0.311 e. The van der Waals surface area contributed by atoms with Gasteiger partial charge < -0.3 is 10.2 Å². The van der Waals surface area contributed by atoms with E-state index in [4.69, 9.17) is 11.6 Å². The fourth-order valence-electron chi connectivity index (χ4n) is 1.97. The summed E-state index contributed by atoms with van der Waals surface area (Å²) in [6.45, 7) is 2.00. The van der Waals surface area contributed by atoms with E-state index in [1.54, 1.807) is 0 Å². The van der Waals surface area contributed by atoms with Crippen molar-refractivity contribution in [1.29, 1.82) is 0 Å². The first kappa shape index (κ1) is 15.1. The highest BCUT2D eigenvalue weighted by Crippen LogP contribution is 2.29. The molecular formula is C14H15ClN4O2. The highest BCUT2D eigenvalue weighted by Gasteiger charge is 2.16. The van der Waals surface area contributed by atoms with Crippen LogP contribution in [-0.2, 0) is 0 Å². The summed E-state index contributed by atoms with van der Waals surface area (Å²) in [5.41, 5.74) is 2.72. The molecule has 0 unspecified atom stereocenters. The zero-order valence-electron chi connectivity index (χ0n) is 11.9. The number of nitrogens with zero attached hydrogens (tertiary/aromatic N) is 3. The van der Waals surface area contributed by atoms with E-state index >= 15 is 0 Å². The van der Waals surface area contributed by atoms with Crippen molar-refractivity contribution in [2.75, 3.05) is 24.3 Å². The lowest BCUT2D eigenvalue weighted by Gasteiger charge is -2.17. The number of nitro groups is 1. The van der Waals surface area contributed by atoms with E-state index in [1.807, 2.05) is 44.1 Å². The largest absolute Gasteiger partial charge is 0.377 e. The summed E-state index contributed by atoms with van der Waals surface area (Å²) in [4.78, 5) is 16.5. The van der Waals surface area contributed by atoms with Crippen LogP contribution in [0.2, 0.25) is 5.15 Å². The molecule has 0 radical (unpaired) electrons. The van der Waals surface area contributed by atoms with E-state index in [-0.39, 0.29) is 16.7 Å². The zero-order valence-corrected chi connectivity index (χ0v) is 12.7. The minimum atomic E-state index is -0.493. The van der Waals surface area contributed by atoms with Crippen LogP contribution >= 0.6 is 11.6 Å². The van der Waals surface area contributed by atoms with Crippen molar-refractivity contribution in [1.82, 2.24) is 4.98 Å². The van der Waals surface area contributed by atoms with Gasteiger partial charge in [0, 0.05) is 31.5 Å². The highest BCUT2D eigenvalue weighted by atomic mass is 35.5. The summed E-state index contributed by atoms with van der Waals surface area (Å²) in [6, 6.07) is 8.41. The molecule has 6 nitrogen and oxygen atoms in total. The SMILES string of the molecule is Cc1ccc(Nc2nc(Cl)ccc2[N+](=O)[O-])cc1N(C)C. The van der Waals surface area contributed by atoms with Gasteiger partial charge in [-0.25, -0.2) is 4.98 Å². The Morgan fingerprint density at radius 3 is 2.62 bits per heavy atom. The van der Waals surface area contributed by atoms with Crippen molar-refractivity contribution in [3.05, 3.63) is 51.2 Å². The van der Waals surface area contributed by atoms with E-state index in [9.17, 15) is 10.1 Å². The third-order valence-corrected chi connectivity index (χ3v) is 3.20. The molecule has 2 rings (SSSR count). The molecule has 0 amide bonds. The molecule has 0 aliphatic rings. The molecule has 0 aliphatic heterocycles. The highest BCUT2D eigenvalue weighted by molar-refractivity contribution is 6.29. The standard InChI is InChI=1S/C14H15ClN4O2/c1-9-4-5-10(8-12(9)18(2)3)16-14-11(19(20)21)6-7-13(15)17-14/h4-8H,1-3H3,(H,16,17). The molecular weight excluding hydrogens is 292 g/mol. The van der Waals surface area contributed by atoms with Gasteiger partial charge in [-0.2, -0.15) is 0 Å². The van der Waals surface area contributed by atoms with Gasteiger partial charge in [0.2, 0.25) is 5.82 Å². The van der Waals surface area contributed by atoms with Crippen molar-refractivity contribution < 1.29 is 4.92 Å². The number of pyridine rings is 1. The monoisotopic (exact) mass is 306 g/mol. The number of aromatic nitrogens is 1. The molecule has 1 heterocycles. The molecule has 0 saturated carbocycles. The molecule has 0 spiro atoms. The lowest BCUT2D eigenvalue weighted by atomic mass is 10.1. The lowest BCUT2D eigenvalue weighted by molar-refractivity contribution is -0.384. The summed E-state index contributed by atoms with van der Waals surface area (Å²) in [6.07, 6.45) is 0. The molecule has 0 saturated heterocycles. The summed E-state index contributed by atoms with van der Waals surface area (Å²) < 4.78 is 0. The summed E-state index contributed by atoms with van der Waals surface area (Å²) in [5.74, 6) is 0.126. The summed E-state index contributed by atoms with van der Waals surface area (Å²) in [7, 11) is 3.87. The zero-order chi connectivity index (χ0) is 15.6. The maximum atomic E-state index is 11.0. The van der Waals surface area contributed by atoms with Crippen LogP contribution < -0.4 is 10.2 Å². The minimum absolute atomic E-state index is 0.119. The Kier molecular flexibility index (Phi) is 4.28. The van der Waals surface area contributed by atoms with Crippen molar-refractivity contribution in [2.24, 2.45) is 0 Å².